The summed E-state index contributed by atoms with van der Waals surface area (Å²) in [6.07, 6.45) is 0. The van der Waals surface area contributed by atoms with Crippen LogP contribution in [0.3, 0.4) is 0 Å². The predicted octanol–water partition coefficient (Wildman–Crippen LogP) is 11.9. The van der Waals surface area contributed by atoms with E-state index < -0.39 is 0 Å². The van der Waals surface area contributed by atoms with Gasteiger partial charge in [0.15, 0.2) is 11.3 Å². The molecule has 3 heterocycles. The Bertz CT molecular complexity index is 3070. The zero-order valence-corrected chi connectivity index (χ0v) is 26.1. The van der Waals surface area contributed by atoms with Crippen molar-refractivity contribution in [1.29, 1.82) is 5.26 Å². The van der Waals surface area contributed by atoms with Crippen LogP contribution in [-0.2, 0) is 0 Å². The van der Waals surface area contributed by atoms with Crippen LogP contribution in [0.2, 0.25) is 0 Å². The van der Waals surface area contributed by atoms with E-state index in [-0.39, 0.29) is 0 Å². The summed E-state index contributed by atoms with van der Waals surface area (Å²) in [5.41, 5.74) is 10.7. The van der Waals surface area contributed by atoms with E-state index in [0.29, 0.717) is 11.3 Å². The SMILES string of the molecule is [C-]#[N+]c1ccc2c(c1)c1ccccc1n2-c1c(C#N)cccc1-c1ccc2c(c1)c1ccc3c4ccccc4oc3c1n2-c1ccccc1. The van der Waals surface area contributed by atoms with Gasteiger partial charge in [-0.1, -0.05) is 84.9 Å². The Morgan fingerprint density at radius 3 is 2.14 bits per heavy atom. The van der Waals surface area contributed by atoms with Gasteiger partial charge in [0.05, 0.1) is 39.9 Å². The van der Waals surface area contributed by atoms with Gasteiger partial charge in [-0.25, -0.2) is 4.85 Å². The number of rotatable bonds is 3. The molecule has 3 aromatic heterocycles. The standard InChI is InChI=1S/C44H24N4O/c1-46-29-19-23-40-37(25-29)32-13-5-7-16-38(32)48(40)42-28(26-45)10-9-15-31(42)27-18-22-39-36(24-27)34-20-21-35-33-14-6-8-17-41(33)49-44(35)43(34)47(39)30-11-3-2-4-12-30/h2-25H. The molecule has 0 N–H and O–H groups in total. The lowest BCUT2D eigenvalue weighted by Crippen LogP contribution is -2.01. The van der Waals surface area contributed by atoms with Gasteiger partial charge in [0.25, 0.3) is 0 Å². The Labute approximate surface area is 280 Å². The molecule has 0 spiro atoms. The van der Waals surface area contributed by atoms with Crippen LogP contribution < -0.4 is 0 Å². The van der Waals surface area contributed by atoms with Crippen molar-refractivity contribution in [2.75, 3.05) is 0 Å². The minimum Gasteiger partial charge on any atom is -0.454 e. The topological polar surface area (TPSA) is 51.1 Å². The lowest BCUT2D eigenvalue weighted by molar-refractivity contribution is 0.671. The molecule has 10 aromatic rings. The van der Waals surface area contributed by atoms with E-state index in [1.165, 1.54) is 0 Å². The molecule has 5 nitrogen and oxygen atoms in total. The first-order valence-electron chi connectivity index (χ1n) is 16.1. The quantitative estimate of drug-likeness (QED) is 0.184. The number of fused-ring (bicyclic) bond motifs is 10. The number of nitriles is 1. The Hall–Kier alpha value is -7.08. The second-order valence-electron chi connectivity index (χ2n) is 12.3. The van der Waals surface area contributed by atoms with Crippen LogP contribution >= 0.6 is 0 Å². The zero-order chi connectivity index (χ0) is 32.6. The van der Waals surface area contributed by atoms with E-state index in [1.54, 1.807) is 0 Å². The number of benzene rings is 7. The minimum atomic E-state index is 0.574. The number of nitrogens with zero attached hydrogens (tertiary/aromatic N) is 4. The summed E-state index contributed by atoms with van der Waals surface area (Å²) in [7, 11) is 0. The van der Waals surface area contributed by atoms with Crippen LogP contribution in [-0.4, -0.2) is 9.13 Å². The molecule has 0 aliphatic heterocycles. The second kappa shape index (κ2) is 10.2. The second-order valence-corrected chi connectivity index (χ2v) is 12.3. The minimum absolute atomic E-state index is 0.574. The van der Waals surface area contributed by atoms with Gasteiger partial charge in [-0.15, -0.1) is 0 Å². The van der Waals surface area contributed by atoms with Gasteiger partial charge in [-0.3, -0.25) is 0 Å². The molecule has 0 aliphatic carbocycles. The van der Waals surface area contributed by atoms with E-state index in [1.807, 2.05) is 66.7 Å². The van der Waals surface area contributed by atoms with Crippen LogP contribution in [0, 0.1) is 17.9 Å². The first-order valence-corrected chi connectivity index (χ1v) is 16.1. The lowest BCUT2D eigenvalue weighted by atomic mass is 9.98. The summed E-state index contributed by atoms with van der Waals surface area (Å²) in [6, 6.07) is 52.0. The van der Waals surface area contributed by atoms with Gasteiger partial charge in [0.2, 0.25) is 0 Å². The maximum atomic E-state index is 10.5. The highest BCUT2D eigenvalue weighted by Crippen LogP contribution is 2.43. The summed E-state index contributed by atoms with van der Waals surface area (Å²) in [4.78, 5) is 3.70. The average Bonchev–Trinajstić information content (AvgIpc) is 3.82. The van der Waals surface area contributed by atoms with Crippen LogP contribution in [0.1, 0.15) is 5.56 Å². The van der Waals surface area contributed by atoms with Gasteiger partial charge in [-0.2, -0.15) is 5.26 Å². The summed E-state index contributed by atoms with van der Waals surface area (Å²) >= 11 is 0. The van der Waals surface area contributed by atoms with E-state index in [2.05, 4.69) is 98.9 Å². The number of hydrogen-bond donors (Lipinski definition) is 0. The maximum Gasteiger partial charge on any atom is 0.188 e. The molecule has 0 saturated carbocycles. The van der Waals surface area contributed by atoms with E-state index in [0.717, 1.165) is 88.1 Å². The molecule has 226 valence electrons. The van der Waals surface area contributed by atoms with Crippen molar-refractivity contribution in [3.63, 3.8) is 0 Å². The predicted molar refractivity (Wildman–Crippen MR) is 199 cm³/mol. The number of aromatic nitrogens is 2. The largest absolute Gasteiger partial charge is 0.454 e. The molecular weight excluding hydrogens is 601 g/mol. The highest BCUT2D eigenvalue weighted by atomic mass is 16.3. The molecule has 5 heteroatoms. The van der Waals surface area contributed by atoms with Gasteiger partial charge < -0.3 is 13.6 Å². The van der Waals surface area contributed by atoms with Crippen LogP contribution in [0.5, 0.6) is 0 Å². The van der Waals surface area contributed by atoms with Gasteiger partial charge >= 0.3 is 0 Å². The molecule has 0 unspecified atom stereocenters. The number of furan rings is 1. The normalized spacial score (nSPS) is 11.6. The lowest BCUT2D eigenvalue weighted by Gasteiger charge is -2.16. The van der Waals surface area contributed by atoms with E-state index >= 15 is 0 Å². The molecule has 0 amide bonds. The molecule has 0 atom stereocenters. The van der Waals surface area contributed by atoms with Crippen LogP contribution in [0.25, 0.3) is 92.9 Å². The molecule has 0 aliphatic rings. The molecule has 7 aromatic carbocycles. The monoisotopic (exact) mass is 624 g/mol. The van der Waals surface area contributed by atoms with Crippen molar-refractivity contribution in [1.82, 2.24) is 9.13 Å². The van der Waals surface area contributed by atoms with Crippen LogP contribution in [0.4, 0.5) is 5.69 Å². The molecule has 0 saturated heterocycles. The summed E-state index contributed by atoms with van der Waals surface area (Å²) in [5, 5.41) is 16.9. The van der Waals surface area contributed by atoms with Gasteiger partial charge in [0.1, 0.15) is 11.7 Å². The third kappa shape index (κ3) is 3.79. The smallest absolute Gasteiger partial charge is 0.188 e. The maximum absolute atomic E-state index is 10.5. The highest BCUT2D eigenvalue weighted by molar-refractivity contribution is 6.22. The van der Waals surface area contributed by atoms with Crippen molar-refractivity contribution in [3.05, 3.63) is 163 Å². The summed E-state index contributed by atoms with van der Waals surface area (Å²) in [6.45, 7) is 7.63. The first-order chi connectivity index (χ1) is 24.2. The molecule has 49 heavy (non-hydrogen) atoms. The van der Waals surface area contributed by atoms with Crippen LogP contribution in [0.15, 0.2) is 150 Å². The fourth-order valence-corrected chi connectivity index (χ4v) is 7.67. The van der Waals surface area contributed by atoms with Crippen molar-refractivity contribution in [2.24, 2.45) is 0 Å². The fraction of sp³-hybridized carbons (Fsp3) is 0. The Morgan fingerprint density at radius 2 is 1.29 bits per heavy atom. The molecule has 10 rings (SSSR count). The number of para-hydroxylation sites is 4. The van der Waals surface area contributed by atoms with Crippen molar-refractivity contribution < 1.29 is 4.42 Å². The number of hydrogen-bond acceptors (Lipinski definition) is 2. The summed E-state index contributed by atoms with van der Waals surface area (Å²) in [5.74, 6) is 0. The Kier molecular flexibility index (Phi) is 5.64. The average molecular weight is 625 g/mol. The van der Waals surface area contributed by atoms with E-state index in [4.69, 9.17) is 11.0 Å². The molecule has 0 radical (unpaired) electrons. The molecular formula is C44H24N4O. The van der Waals surface area contributed by atoms with E-state index in [9.17, 15) is 5.26 Å². The van der Waals surface area contributed by atoms with Gasteiger partial charge in [0, 0.05) is 38.2 Å². The Morgan fingerprint density at radius 1 is 0.571 bits per heavy atom. The molecule has 0 fully saturated rings. The van der Waals surface area contributed by atoms with Crippen molar-refractivity contribution >= 4 is 71.2 Å². The molecule has 0 bridgehead atoms. The third-order valence-corrected chi connectivity index (χ3v) is 9.76. The Balaban J connectivity index is 1.30. The highest BCUT2D eigenvalue weighted by Gasteiger charge is 2.22. The van der Waals surface area contributed by atoms with Crippen molar-refractivity contribution in [3.8, 4) is 28.6 Å². The van der Waals surface area contributed by atoms with Crippen molar-refractivity contribution in [2.45, 2.75) is 0 Å². The zero-order valence-electron chi connectivity index (χ0n) is 26.1. The summed E-state index contributed by atoms with van der Waals surface area (Å²) < 4.78 is 11.1. The van der Waals surface area contributed by atoms with Gasteiger partial charge in [-0.05, 0) is 71.6 Å². The third-order valence-electron chi connectivity index (χ3n) is 9.76. The first kappa shape index (κ1) is 27.1. The fourth-order valence-electron chi connectivity index (χ4n) is 7.67.